The summed E-state index contributed by atoms with van der Waals surface area (Å²) < 4.78 is 0. The average Bonchev–Trinajstić information content (AvgIpc) is 3.19. The molecule has 1 aliphatic heterocycles. The molecule has 3 heterocycles. The van der Waals surface area contributed by atoms with Gasteiger partial charge < -0.3 is 4.98 Å². The summed E-state index contributed by atoms with van der Waals surface area (Å²) in [5.74, 6) is 0.603. The number of nitrogens with zero attached hydrogens (tertiary/aromatic N) is 2. The molecule has 0 aliphatic carbocycles. The van der Waals surface area contributed by atoms with Crippen LogP contribution in [0.15, 0.2) is 42.7 Å². The minimum atomic E-state index is 0.603. The predicted molar refractivity (Wildman–Crippen MR) is 79.5 cm³/mol. The molecule has 1 aliphatic rings. The summed E-state index contributed by atoms with van der Waals surface area (Å²) in [6.07, 6.45) is 5.06. The number of likely N-dealkylation sites (tertiary alicyclic amines) is 1. The van der Waals surface area contributed by atoms with Crippen LogP contribution in [0.1, 0.15) is 23.6 Å². The Morgan fingerprint density at radius 2 is 2.25 bits per heavy atom. The second-order valence-corrected chi connectivity index (χ2v) is 5.63. The van der Waals surface area contributed by atoms with Crippen LogP contribution in [-0.4, -0.2) is 33.2 Å². The monoisotopic (exact) mass is 266 g/mol. The summed E-state index contributed by atoms with van der Waals surface area (Å²) in [5, 5.41) is 8.44. The molecule has 4 nitrogen and oxygen atoms in total. The summed E-state index contributed by atoms with van der Waals surface area (Å²) in [6, 6.07) is 10.9. The van der Waals surface area contributed by atoms with Crippen molar-refractivity contribution in [1.29, 1.82) is 0 Å². The number of hydrogen-bond acceptors (Lipinski definition) is 2. The minimum absolute atomic E-state index is 0.603. The van der Waals surface area contributed by atoms with Crippen LogP contribution >= 0.6 is 0 Å². The minimum Gasteiger partial charge on any atom is -0.361 e. The van der Waals surface area contributed by atoms with Crippen molar-refractivity contribution in [2.45, 2.75) is 18.9 Å². The first-order chi connectivity index (χ1) is 9.88. The smallest absolute Gasteiger partial charge is 0.0490 e. The number of hydrogen-bond donors (Lipinski definition) is 2. The predicted octanol–water partition coefficient (Wildman–Crippen LogP) is 2.88. The third kappa shape index (κ3) is 2.12. The molecule has 3 aromatic rings. The molecule has 0 bridgehead atoms. The van der Waals surface area contributed by atoms with Crippen molar-refractivity contribution < 1.29 is 0 Å². The highest BCUT2D eigenvalue weighted by Crippen LogP contribution is 2.27. The first-order valence-electron chi connectivity index (χ1n) is 7.16. The topological polar surface area (TPSA) is 47.7 Å². The number of benzene rings is 1. The summed E-state index contributed by atoms with van der Waals surface area (Å²) >= 11 is 0. The van der Waals surface area contributed by atoms with Gasteiger partial charge in [-0.25, -0.2) is 0 Å². The van der Waals surface area contributed by atoms with Crippen LogP contribution < -0.4 is 0 Å². The normalized spacial score (nSPS) is 19.9. The molecule has 0 saturated carbocycles. The number of aromatic nitrogens is 3. The fraction of sp³-hybridized carbons (Fsp3) is 0.312. The Hall–Kier alpha value is -2.07. The standard InChI is InChI=1S/C16H18N4/c1-2-13-3-6-17-16(13)9-12(1)10-20-8-5-14(11-20)15-4-7-18-19-15/h1-4,6-7,9,14,17H,5,8,10-11H2,(H,18,19)/t14-/m1/s1. The van der Waals surface area contributed by atoms with Crippen LogP contribution in [0, 0.1) is 0 Å². The second-order valence-electron chi connectivity index (χ2n) is 5.63. The van der Waals surface area contributed by atoms with Crippen LogP contribution in [0.2, 0.25) is 0 Å². The lowest BCUT2D eigenvalue weighted by Crippen LogP contribution is -2.19. The van der Waals surface area contributed by atoms with Crippen molar-refractivity contribution in [2.24, 2.45) is 0 Å². The zero-order chi connectivity index (χ0) is 13.4. The summed E-state index contributed by atoms with van der Waals surface area (Å²) in [4.78, 5) is 5.81. The van der Waals surface area contributed by atoms with Gasteiger partial charge in [-0.3, -0.25) is 10.00 Å². The van der Waals surface area contributed by atoms with Crippen LogP contribution in [0.4, 0.5) is 0 Å². The Morgan fingerprint density at radius 3 is 3.15 bits per heavy atom. The maximum atomic E-state index is 4.06. The van der Waals surface area contributed by atoms with Gasteiger partial charge in [-0.05, 0) is 42.1 Å². The molecule has 1 fully saturated rings. The number of rotatable bonds is 3. The van der Waals surface area contributed by atoms with E-state index in [1.54, 1.807) is 0 Å². The van der Waals surface area contributed by atoms with Gasteiger partial charge in [0.05, 0.1) is 0 Å². The van der Waals surface area contributed by atoms with E-state index in [1.165, 1.54) is 28.6 Å². The Labute approximate surface area is 117 Å². The lowest BCUT2D eigenvalue weighted by Gasteiger charge is -2.15. The van der Waals surface area contributed by atoms with Gasteiger partial charge in [-0.1, -0.05) is 12.1 Å². The molecule has 4 heteroatoms. The summed E-state index contributed by atoms with van der Waals surface area (Å²) in [7, 11) is 0. The molecule has 0 spiro atoms. The molecular weight excluding hydrogens is 248 g/mol. The average molecular weight is 266 g/mol. The van der Waals surface area contributed by atoms with E-state index in [0.29, 0.717) is 5.92 Å². The van der Waals surface area contributed by atoms with Gasteiger partial charge in [0.15, 0.2) is 0 Å². The van der Waals surface area contributed by atoms with E-state index in [1.807, 2.05) is 12.4 Å². The Balaban J connectivity index is 1.47. The molecule has 0 amide bonds. The largest absolute Gasteiger partial charge is 0.361 e. The first-order valence-corrected chi connectivity index (χ1v) is 7.16. The van der Waals surface area contributed by atoms with Gasteiger partial charge in [-0.15, -0.1) is 0 Å². The van der Waals surface area contributed by atoms with Crippen molar-refractivity contribution in [3.05, 3.63) is 54.0 Å². The molecule has 0 unspecified atom stereocenters. The van der Waals surface area contributed by atoms with Crippen LogP contribution in [0.5, 0.6) is 0 Å². The molecule has 1 aromatic carbocycles. The van der Waals surface area contributed by atoms with Crippen LogP contribution in [0.25, 0.3) is 10.9 Å². The number of fused-ring (bicyclic) bond motifs is 1. The van der Waals surface area contributed by atoms with Crippen molar-refractivity contribution in [3.63, 3.8) is 0 Å². The second kappa shape index (κ2) is 4.80. The Morgan fingerprint density at radius 1 is 1.25 bits per heavy atom. The molecule has 102 valence electrons. The van der Waals surface area contributed by atoms with Gasteiger partial charge in [0.2, 0.25) is 0 Å². The highest BCUT2D eigenvalue weighted by atomic mass is 15.2. The zero-order valence-electron chi connectivity index (χ0n) is 11.3. The Kier molecular flexibility index (Phi) is 2.81. The van der Waals surface area contributed by atoms with E-state index in [-0.39, 0.29) is 0 Å². The van der Waals surface area contributed by atoms with E-state index in [0.717, 1.165) is 19.6 Å². The first kappa shape index (κ1) is 11.7. The van der Waals surface area contributed by atoms with E-state index in [2.05, 4.69) is 50.4 Å². The quantitative estimate of drug-likeness (QED) is 0.765. The van der Waals surface area contributed by atoms with Crippen molar-refractivity contribution in [1.82, 2.24) is 20.1 Å². The van der Waals surface area contributed by atoms with Crippen LogP contribution in [-0.2, 0) is 6.54 Å². The molecule has 2 aromatic heterocycles. The maximum Gasteiger partial charge on any atom is 0.0490 e. The fourth-order valence-corrected chi connectivity index (χ4v) is 3.18. The van der Waals surface area contributed by atoms with Gasteiger partial charge in [-0.2, -0.15) is 5.10 Å². The third-order valence-corrected chi connectivity index (χ3v) is 4.26. The van der Waals surface area contributed by atoms with Crippen LogP contribution in [0.3, 0.4) is 0 Å². The summed E-state index contributed by atoms with van der Waals surface area (Å²) in [5.41, 5.74) is 3.88. The molecule has 1 atom stereocenters. The number of nitrogens with one attached hydrogen (secondary N) is 2. The maximum absolute atomic E-state index is 4.06. The molecule has 4 rings (SSSR count). The highest BCUT2D eigenvalue weighted by Gasteiger charge is 2.24. The zero-order valence-corrected chi connectivity index (χ0v) is 11.3. The van der Waals surface area contributed by atoms with E-state index >= 15 is 0 Å². The van der Waals surface area contributed by atoms with E-state index in [4.69, 9.17) is 0 Å². The van der Waals surface area contributed by atoms with Gasteiger partial charge in [0, 0.05) is 42.6 Å². The van der Waals surface area contributed by atoms with Gasteiger partial charge in [0.1, 0.15) is 0 Å². The van der Waals surface area contributed by atoms with Gasteiger partial charge >= 0.3 is 0 Å². The number of aromatic amines is 2. The summed E-state index contributed by atoms with van der Waals surface area (Å²) in [6.45, 7) is 3.30. The van der Waals surface area contributed by atoms with Crippen molar-refractivity contribution >= 4 is 10.9 Å². The SMILES string of the molecule is c1cc([C@@H]2CCN(Cc3ccc4cc[nH]c4c3)C2)[nH]n1. The van der Waals surface area contributed by atoms with E-state index in [9.17, 15) is 0 Å². The molecule has 20 heavy (non-hydrogen) atoms. The van der Waals surface area contributed by atoms with Crippen molar-refractivity contribution in [2.75, 3.05) is 13.1 Å². The Bertz CT molecular complexity index is 698. The third-order valence-electron chi connectivity index (χ3n) is 4.26. The molecule has 1 saturated heterocycles. The lowest BCUT2D eigenvalue weighted by atomic mass is 10.1. The fourth-order valence-electron chi connectivity index (χ4n) is 3.18. The molecule has 2 N–H and O–H groups in total. The van der Waals surface area contributed by atoms with Gasteiger partial charge in [0.25, 0.3) is 0 Å². The molecular formula is C16H18N4. The molecule has 0 radical (unpaired) electrons. The highest BCUT2D eigenvalue weighted by molar-refractivity contribution is 5.79. The van der Waals surface area contributed by atoms with E-state index < -0.39 is 0 Å². The van der Waals surface area contributed by atoms with Crippen molar-refractivity contribution in [3.8, 4) is 0 Å². The lowest BCUT2D eigenvalue weighted by molar-refractivity contribution is 0.326. The number of H-pyrrole nitrogens is 2.